The molecule has 104 valence electrons. The smallest absolute Gasteiger partial charge is 0.134 e. The van der Waals surface area contributed by atoms with Crippen molar-refractivity contribution in [2.45, 2.75) is 46.2 Å². The average molecular weight is 272 g/mol. The molecule has 0 aliphatic heterocycles. The molecule has 1 rings (SSSR count). The van der Waals surface area contributed by atoms with E-state index in [1.54, 1.807) is 0 Å². The number of hydrogen-bond donors (Lipinski definition) is 2. The molecule has 18 heavy (non-hydrogen) atoms. The minimum absolute atomic E-state index is 0.236. The first kappa shape index (κ1) is 15.3. The van der Waals surface area contributed by atoms with Crippen LogP contribution in [0, 0.1) is 0 Å². The van der Waals surface area contributed by atoms with Crippen molar-refractivity contribution in [3.63, 3.8) is 0 Å². The highest BCUT2D eigenvalue weighted by Gasteiger charge is 2.15. The fourth-order valence-electron chi connectivity index (χ4n) is 1.67. The van der Waals surface area contributed by atoms with E-state index in [0.717, 1.165) is 43.2 Å². The summed E-state index contributed by atoms with van der Waals surface area (Å²) in [4.78, 5) is 2.31. The number of anilines is 1. The van der Waals surface area contributed by atoms with Crippen molar-refractivity contribution in [3.8, 4) is 0 Å². The molecule has 0 saturated carbocycles. The van der Waals surface area contributed by atoms with Gasteiger partial charge in [-0.05, 0) is 26.7 Å². The minimum Gasteiger partial charge on any atom is -0.396 e. The Bertz CT molecular complexity index is 330. The molecule has 6 heteroatoms. The van der Waals surface area contributed by atoms with Crippen molar-refractivity contribution in [2.75, 3.05) is 25.0 Å². The predicted molar refractivity (Wildman–Crippen MR) is 75.9 cm³/mol. The molecule has 5 nitrogen and oxygen atoms in total. The van der Waals surface area contributed by atoms with Gasteiger partial charge >= 0.3 is 0 Å². The van der Waals surface area contributed by atoms with Crippen LogP contribution in [0.4, 0.5) is 5.00 Å². The van der Waals surface area contributed by atoms with Crippen LogP contribution in [0.3, 0.4) is 0 Å². The van der Waals surface area contributed by atoms with E-state index in [1.807, 2.05) is 0 Å². The van der Waals surface area contributed by atoms with E-state index in [2.05, 4.69) is 40.6 Å². The van der Waals surface area contributed by atoms with E-state index >= 15 is 0 Å². The molecule has 1 aromatic heterocycles. The first-order valence-corrected chi connectivity index (χ1v) is 7.36. The summed E-state index contributed by atoms with van der Waals surface area (Å²) in [7, 11) is 0. The van der Waals surface area contributed by atoms with Crippen LogP contribution in [0.1, 0.15) is 39.3 Å². The van der Waals surface area contributed by atoms with E-state index < -0.39 is 0 Å². The third kappa shape index (κ3) is 4.88. The lowest BCUT2D eigenvalue weighted by atomic mass is 10.2. The molecule has 0 aromatic carbocycles. The van der Waals surface area contributed by atoms with Gasteiger partial charge in [-0.3, -0.25) is 4.90 Å². The minimum atomic E-state index is 0.236. The number of nitrogens with one attached hydrogen (secondary N) is 1. The molecule has 0 bridgehead atoms. The van der Waals surface area contributed by atoms with Gasteiger partial charge in [0.2, 0.25) is 0 Å². The largest absolute Gasteiger partial charge is 0.396 e. The SMILES string of the molecule is CCCNc1snnc1CN(CCCO)C(C)C. The van der Waals surface area contributed by atoms with Gasteiger partial charge in [0, 0.05) is 43.8 Å². The number of aliphatic hydroxyl groups is 1. The Morgan fingerprint density at radius 1 is 1.44 bits per heavy atom. The summed E-state index contributed by atoms with van der Waals surface area (Å²) in [5, 5.41) is 17.6. The van der Waals surface area contributed by atoms with Gasteiger partial charge in [0.1, 0.15) is 10.7 Å². The van der Waals surface area contributed by atoms with Crippen LogP contribution in [0.2, 0.25) is 0 Å². The summed E-state index contributed by atoms with van der Waals surface area (Å²) in [6, 6.07) is 0.442. The third-order valence-corrected chi connectivity index (χ3v) is 3.50. The number of nitrogens with zero attached hydrogens (tertiary/aromatic N) is 3. The summed E-state index contributed by atoms with van der Waals surface area (Å²) in [5.41, 5.74) is 1.01. The molecule has 0 radical (unpaired) electrons. The first-order chi connectivity index (χ1) is 8.69. The molecule has 0 aliphatic rings. The van der Waals surface area contributed by atoms with Gasteiger partial charge in [-0.2, -0.15) is 0 Å². The molecule has 0 amide bonds. The number of aliphatic hydroxyl groups excluding tert-OH is 1. The molecule has 0 spiro atoms. The van der Waals surface area contributed by atoms with E-state index in [1.165, 1.54) is 11.5 Å². The third-order valence-electron chi connectivity index (χ3n) is 2.78. The van der Waals surface area contributed by atoms with Crippen molar-refractivity contribution < 1.29 is 5.11 Å². The summed E-state index contributed by atoms with van der Waals surface area (Å²) >= 11 is 1.42. The number of rotatable bonds is 9. The Balaban J connectivity index is 2.59. The van der Waals surface area contributed by atoms with Gasteiger partial charge in [-0.25, -0.2) is 0 Å². The van der Waals surface area contributed by atoms with Crippen LogP contribution in [-0.4, -0.2) is 45.3 Å². The summed E-state index contributed by atoms with van der Waals surface area (Å²) in [6.45, 7) is 9.34. The summed E-state index contributed by atoms with van der Waals surface area (Å²) in [5.74, 6) is 0. The molecule has 0 saturated heterocycles. The Kier molecular flexibility index (Phi) is 7.15. The number of aromatic nitrogens is 2. The first-order valence-electron chi connectivity index (χ1n) is 6.59. The van der Waals surface area contributed by atoms with Crippen LogP contribution in [0.25, 0.3) is 0 Å². The van der Waals surface area contributed by atoms with Crippen LogP contribution < -0.4 is 5.32 Å². The van der Waals surface area contributed by atoms with Crippen LogP contribution in [-0.2, 0) is 6.54 Å². The fraction of sp³-hybridized carbons (Fsp3) is 0.833. The maximum absolute atomic E-state index is 8.93. The highest BCUT2D eigenvalue weighted by molar-refractivity contribution is 7.10. The molecule has 2 N–H and O–H groups in total. The fourth-order valence-corrected chi connectivity index (χ4v) is 2.27. The Morgan fingerprint density at radius 2 is 2.22 bits per heavy atom. The molecular formula is C12H24N4OS. The van der Waals surface area contributed by atoms with Gasteiger partial charge in [0.05, 0.1) is 0 Å². The van der Waals surface area contributed by atoms with Crippen LogP contribution in [0.5, 0.6) is 0 Å². The van der Waals surface area contributed by atoms with Crippen molar-refractivity contribution >= 4 is 16.5 Å². The normalized spacial score (nSPS) is 11.4. The lowest BCUT2D eigenvalue weighted by molar-refractivity contribution is 0.183. The summed E-state index contributed by atoms with van der Waals surface area (Å²) < 4.78 is 4.02. The molecule has 1 heterocycles. The number of hydrogen-bond acceptors (Lipinski definition) is 6. The van der Waals surface area contributed by atoms with Gasteiger partial charge < -0.3 is 10.4 Å². The highest BCUT2D eigenvalue weighted by atomic mass is 32.1. The maximum atomic E-state index is 8.93. The van der Waals surface area contributed by atoms with Gasteiger partial charge in [0.25, 0.3) is 0 Å². The molecule has 0 unspecified atom stereocenters. The van der Waals surface area contributed by atoms with Gasteiger partial charge in [-0.1, -0.05) is 11.4 Å². The molecule has 1 aromatic rings. The van der Waals surface area contributed by atoms with E-state index in [9.17, 15) is 0 Å². The van der Waals surface area contributed by atoms with Crippen molar-refractivity contribution in [3.05, 3.63) is 5.69 Å². The zero-order valence-electron chi connectivity index (χ0n) is 11.5. The Morgan fingerprint density at radius 3 is 2.83 bits per heavy atom. The van der Waals surface area contributed by atoms with E-state index in [4.69, 9.17) is 5.11 Å². The Hall–Kier alpha value is -0.720. The second-order valence-corrected chi connectivity index (χ2v) is 5.37. The van der Waals surface area contributed by atoms with Crippen molar-refractivity contribution in [1.82, 2.24) is 14.5 Å². The molecule has 0 aliphatic carbocycles. The lowest BCUT2D eigenvalue weighted by Crippen LogP contribution is -2.32. The van der Waals surface area contributed by atoms with Gasteiger partial charge in [-0.15, -0.1) is 5.10 Å². The zero-order valence-corrected chi connectivity index (χ0v) is 12.3. The predicted octanol–water partition coefficient (Wildman–Crippen LogP) is 1.95. The molecular weight excluding hydrogens is 248 g/mol. The quantitative estimate of drug-likeness (QED) is 0.719. The standard InChI is InChI=1S/C12H24N4OS/c1-4-6-13-12-11(14-15-18-12)9-16(10(2)3)7-5-8-17/h10,13,17H,4-9H2,1-3H3. The van der Waals surface area contributed by atoms with Crippen LogP contribution in [0.15, 0.2) is 0 Å². The lowest BCUT2D eigenvalue weighted by Gasteiger charge is -2.25. The van der Waals surface area contributed by atoms with E-state index in [-0.39, 0.29) is 6.61 Å². The highest BCUT2D eigenvalue weighted by Crippen LogP contribution is 2.20. The van der Waals surface area contributed by atoms with Crippen molar-refractivity contribution in [2.24, 2.45) is 0 Å². The maximum Gasteiger partial charge on any atom is 0.134 e. The average Bonchev–Trinajstić information content (AvgIpc) is 2.78. The second kappa shape index (κ2) is 8.39. The van der Waals surface area contributed by atoms with Crippen molar-refractivity contribution in [1.29, 1.82) is 0 Å². The molecule has 0 atom stereocenters. The zero-order chi connectivity index (χ0) is 13.4. The summed E-state index contributed by atoms with van der Waals surface area (Å²) in [6.07, 6.45) is 1.89. The topological polar surface area (TPSA) is 61.3 Å². The Labute approximate surface area is 113 Å². The monoisotopic (exact) mass is 272 g/mol. The van der Waals surface area contributed by atoms with E-state index in [0.29, 0.717) is 6.04 Å². The van der Waals surface area contributed by atoms with Gasteiger partial charge in [0.15, 0.2) is 0 Å². The molecule has 0 fully saturated rings. The van der Waals surface area contributed by atoms with Crippen LogP contribution >= 0.6 is 11.5 Å². The second-order valence-electron chi connectivity index (χ2n) is 4.62.